The predicted octanol–water partition coefficient (Wildman–Crippen LogP) is 5.03. The Kier molecular flexibility index (Phi) is 4.63. The highest BCUT2D eigenvalue weighted by Crippen LogP contribution is 2.45. The van der Waals surface area contributed by atoms with Gasteiger partial charge in [-0.15, -0.1) is 0 Å². The molecule has 0 spiro atoms. The Morgan fingerprint density at radius 2 is 2.08 bits per heavy atom. The Balaban J connectivity index is 2.34. The fourth-order valence-corrected chi connectivity index (χ4v) is 3.38. The molecule has 1 aliphatic carbocycles. The number of ether oxygens (including phenoxy) is 2. The van der Waals surface area contributed by atoms with Crippen molar-refractivity contribution in [2.75, 3.05) is 7.11 Å². The van der Waals surface area contributed by atoms with Crippen LogP contribution in [-0.2, 0) is 17.6 Å². The van der Waals surface area contributed by atoms with Gasteiger partial charge in [0.25, 0.3) is 0 Å². The molecule has 1 aliphatic rings. The third-order valence-electron chi connectivity index (χ3n) is 4.41. The summed E-state index contributed by atoms with van der Waals surface area (Å²) in [5.74, 6) is 0.917. The lowest BCUT2D eigenvalue weighted by atomic mass is 9.86. The molecule has 0 saturated heterocycles. The summed E-state index contributed by atoms with van der Waals surface area (Å²) in [5.41, 5.74) is 3.39. The van der Waals surface area contributed by atoms with Gasteiger partial charge in [-0.3, -0.25) is 0 Å². The van der Waals surface area contributed by atoms with Crippen molar-refractivity contribution in [3.05, 3.63) is 58.7 Å². The smallest absolute Gasteiger partial charge is 0.335 e. The molecule has 0 unspecified atom stereocenters. The monoisotopic (exact) mass is 342 g/mol. The average Bonchev–Trinajstić information content (AvgIpc) is 2.60. The highest BCUT2D eigenvalue weighted by atomic mass is 35.5. The fourth-order valence-electron chi connectivity index (χ4n) is 3.21. The first kappa shape index (κ1) is 16.6. The summed E-state index contributed by atoms with van der Waals surface area (Å²) in [6.45, 7) is 5.63. The van der Waals surface area contributed by atoms with Gasteiger partial charge in [0.2, 0.25) is 0 Å². The van der Waals surface area contributed by atoms with E-state index in [4.69, 9.17) is 21.1 Å². The number of benzene rings is 2. The van der Waals surface area contributed by atoms with Crippen LogP contribution in [0.4, 0.5) is 0 Å². The summed E-state index contributed by atoms with van der Waals surface area (Å²) in [6, 6.07) is 5.51. The van der Waals surface area contributed by atoms with Gasteiger partial charge in [0, 0.05) is 33.0 Å². The largest absolute Gasteiger partial charge is 0.496 e. The number of carbonyl (C=O) groups is 1. The molecule has 0 fully saturated rings. The number of allylic oxidation sites excluding steroid dienone is 2. The van der Waals surface area contributed by atoms with Crippen molar-refractivity contribution in [3.63, 3.8) is 0 Å². The number of hydrogen-bond donors (Lipinski definition) is 0. The van der Waals surface area contributed by atoms with Crippen LogP contribution < -0.4 is 9.47 Å². The molecule has 3 rings (SSSR count). The summed E-state index contributed by atoms with van der Waals surface area (Å²) in [5, 5.41) is 2.29. The van der Waals surface area contributed by atoms with Gasteiger partial charge in [0.15, 0.2) is 0 Å². The lowest BCUT2D eigenvalue weighted by Gasteiger charge is -2.24. The highest BCUT2D eigenvalue weighted by Gasteiger charge is 2.24. The van der Waals surface area contributed by atoms with Gasteiger partial charge in [-0.05, 0) is 37.5 Å². The van der Waals surface area contributed by atoms with Gasteiger partial charge >= 0.3 is 5.97 Å². The van der Waals surface area contributed by atoms with E-state index in [0.29, 0.717) is 10.8 Å². The van der Waals surface area contributed by atoms with E-state index in [-0.39, 0.29) is 0 Å². The highest BCUT2D eigenvalue weighted by molar-refractivity contribution is 6.31. The molecule has 0 aliphatic heterocycles. The molecule has 0 heterocycles. The van der Waals surface area contributed by atoms with E-state index in [1.807, 2.05) is 12.1 Å². The van der Waals surface area contributed by atoms with Crippen LogP contribution in [0.5, 0.6) is 11.5 Å². The number of carbonyl (C=O) groups excluding carboxylic acids is 1. The topological polar surface area (TPSA) is 35.5 Å². The first-order valence-corrected chi connectivity index (χ1v) is 8.29. The second-order valence-electron chi connectivity index (χ2n) is 5.73. The molecule has 0 amide bonds. The molecule has 0 bridgehead atoms. The van der Waals surface area contributed by atoms with Crippen molar-refractivity contribution in [2.24, 2.45) is 0 Å². The molecule has 2 aromatic rings. The molecule has 0 radical (unpaired) electrons. The summed E-state index contributed by atoms with van der Waals surface area (Å²) >= 11 is 6.17. The van der Waals surface area contributed by atoms with Gasteiger partial charge in [-0.1, -0.05) is 36.8 Å². The van der Waals surface area contributed by atoms with E-state index in [1.165, 1.54) is 11.6 Å². The van der Waals surface area contributed by atoms with Crippen molar-refractivity contribution in [1.29, 1.82) is 0 Å². The molecular weight excluding hydrogens is 324 g/mol. The molecule has 2 aromatic carbocycles. The molecule has 3 nitrogen and oxygen atoms in total. The molecule has 0 atom stereocenters. The third kappa shape index (κ3) is 2.80. The van der Waals surface area contributed by atoms with Crippen molar-refractivity contribution in [2.45, 2.75) is 26.2 Å². The van der Waals surface area contributed by atoms with E-state index < -0.39 is 5.97 Å². The lowest BCUT2D eigenvalue weighted by Crippen LogP contribution is -2.12. The average molecular weight is 343 g/mol. The predicted molar refractivity (Wildman–Crippen MR) is 97.1 cm³/mol. The standard InChI is InChI=1S/C20H19ClO3/c1-4-12-6-8-14-16(10-12)20(24-18(22)5-2)15-9-7-13(21)11-17(15)19(14)23-3/h5-7,9,11H,2,4,8,10H2,1,3H3. The Bertz CT molecular complexity index is 865. The van der Waals surface area contributed by atoms with Crippen LogP contribution in [0.15, 0.2) is 42.5 Å². The number of esters is 1. The second kappa shape index (κ2) is 6.70. The second-order valence-corrected chi connectivity index (χ2v) is 6.17. The van der Waals surface area contributed by atoms with Gasteiger partial charge < -0.3 is 9.47 Å². The number of halogens is 1. The van der Waals surface area contributed by atoms with Crippen LogP contribution in [-0.4, -0.2) is 13.1 Å². The summed E-state index contributed by atoms with van der Waals surface area (Å²) in [4.78, 5) is 11.9. The molecule has 4 heteroatoms. The van der Waals surface area contributed by atoms with Crippen molar-refractivity contribution in [1.82, 2.24) is 0 Å². The summed E-state index contributed by atoms with van der Waals surface area (Å²) in [6.07, 6.45) is 5.87. The van der Waals surface area contributed by atoms with Crippen LogP contribution in [0.2, 0.25) is 5.02 Å². The van der Waals surface area contributed by atoms with Crippen LogP contribution in [0.25, 0.3) is 10.8 Å². The fraction of sp³-hybridized carbons (Fsp3) is 0.250. The molecule has 24 heavy (non-hydrogen) atoms. The Labute approximate surface area is 146 Å². The minimum absolute atomic E-state index is 0.466. The first-order chi connectivity index (χ1) is 11.6. The SMILES string of the molecule is C=CC(=O)Oc1c2c(c(OC)c3cc(Cl)ccc13)CC=C(CC)C2. The summed E-state index contributed by atoms with van der Waals surface area (Å²) in [7, 11) is 1.66. The maximum absolute atomic E-state index is 11.9. The molecule has 0 saturated carbocycles. The number of hydrogen-bond acceptors (Lipinski definition) is 3. The number of rotatable bonds is 4. The maximum Gasteiger partial charge on any atom is 0.335 e. The molecular formula is C20H19ClO3. The van der Waals surface area contributed by atoms with Crippen LogP contribution in [0, 0.1) is 0 Å². The normalized spacial score (nSPS) is 13.2. The van der Waals surface area contributed by atoms with Gasteiger partial charge in [-0.2, -0.15) is 0 Å². The first-order valence-electron chi connectivity index (χ1n) is 7.92. The van der Waals surface area contributed by atoms with Crippen LogP contribution >= 0.6 is 11.6 Å². The zero-order valence-electron chi connectivity index (χ0n) is 13.8. The van der Waals surface area contributed by atoms with E-state index in [1.54, 1.807) is 13.2 Å². The van der Waals surface area contributed by atoms with E-state index in [2.05, 4.69) is 19.6 Å². The van der Waals surface area contributed by atoms with E-state index in [9.17, 15) is 4.79 Å². The van der Waals surface area contributed by atoms with Crippen molar-refractivity contribution >= 4 is 28.3 Å². The summed E-state index contributed by atoms with van der Waals surface area (Å²) < 4.78 is 11.3. The Hall–Kier alpha value is -2.26. The van der Waals surface area contributed by atoms with Crippen LogP contribution in [0.3, 0.4) is 0 Å². The Morgan fingerprint density at radius 3 is 2.75 bits per heavy atom. The number of methoxy groups -OCH3 is 1. The van der Waals surface area contributed by atoms with Crippen molar-refractivity contribution in [3.8, 4) is 11.5 Å². The van der Waals surface area contributed by atoms with E-state index in [0.717, 1.165) is 46.9 Å². The molecule has 124 valence electrons. The lowest BCUT2D eigenvalue weighted by molar-refractivity contribution is -0.128. The molecule has 0 N–H and O–H groups in total. The minimum atomic E-state index is -0.466. The van der Waals surface area contributed by atoms with E-state index >= 15 is 0 Å². The maximum atomic E-state index is 11.9. The zero-order valence-corrected chi connectivity index (χ0v) is 14.6. The third-order valence-corrected chi connectivity index (χ3v) is 4.64. The minimum Gasteiger partial charge on any atom is -0.496 e. The van der Waals surface area contributed by atoms with Gasteiger partial charge in [0.1, 0.15) is 11.5 Å². The number of fused-ring (bicyclic) bond motifs is 2. The van der Waals surface area contributed by atoms with Crippen LogP contribution in [0.1, 0.15) is 24.5 Å². The van der Waals surface area contributed by atoms with Gasteiger partial charge in [0.05, 0.1) is 7.11 Å². The zero-order chi connectivity index (χ0) is 17.3. The van der Waals surface area contributed by atoms with Crippen molar-refractivity contribution < 1.29 is 14.3 Å². The molecule has 0 aromatic heterocycles. The quantitative estimate of drug-likeness (QED) is 0.338. The Morgan fingerprint density at radius 1 is 1.29 bits per heavy atom. The van der Waals surface area contributed by atoms with Gasteiger partial charge in [-0.25, -0.2) is 4.79 Å².